The van der Waals surface area contributed by atoms with Crippen LogP contribution >= 0.6 is 0 Å². The molecule has 0 spiro atoms. The van der Waals surface area contributed by atoms with E-state index in [2.05, 4.69) is 0 Å². The third-order valence-corrected chi connectivity index (χ3v) is 48.9. The number of unbranched alkanes of at least 4 members (excludes halogenated alkanes) is 10. The highest BCUT2D eigenvalue weighted by atomic mass is 32.3. The largest absolute Gasteiger partial charge is 0.277 e. The molecule has 0 unspecified atom stereocenters. The minimum atomic E-state index is -5.43. The molecule has 0 aliphatic rings. The molecule has 30 nitrogen and oxygen atoms in total. The van der Waals surface area contributed by atoms with E-state index in [-0.39, 0.29) is 27.7 Å². The molecule has 13 aromatic rings. The lowest BCUT2D eigenvalue weighted by Crippen LogP contribution is -2.38. The van der Waals surface area contributed by atoms with E-state index in [9.17, 15) is 50.5 Å². The lowest BCUT2D eigenvalue weighted by Gasteiger charge is -2.26. The lowest BCUT2D eigenvalue weighted by atomic mass is 10.0. The summed E-state index contributed by atoms with van der Waals surface area (Å²) in [6, 6.07) is 61.9. The minimum absolute atomic E-state index is 0.0136. The Morgan fingerprint density at radius 1 is 0.148 bits per heavy atom. The summed E-state index contributed by atoms with van der Waals surface area (Å²) >= 11 is 0. The van der Waals surface area contributed by atoms with Crippen LogP contribution in [0, 0.1) is 41.5 Å². The molecule has 0 aliphatic carbocycles. The molecule has 0 bridgehead atoms. The monoisotopic (exact) mass is 2160 g/mol. The van der Waals surface area contributed by atoms with Gasteiger partial charge < -0.3 is 0 Å². The van der Waals surface area contributed by atoms with Gasteiger partial charge >= 0.3 is 0 Å². The Morgan fingerprint density at radius 3 is 0.423 bits per heavy atom. The number of anilines is 4. The molecule has 0 fully saturated rings. The number of sulfonamides is 12. The number of hydrogen-bond acceptors (Lipinski definition) is 24. The molecule has 750 valence electrons. The maximum atomic E-state index is 15.2. The molecule has 0 saturated heterocycles. The van der Waals surface area contributed by atoms with Crippen molar-refractivity contribution >= 4 is 143 Å². The summed E-state index contributed by atoms with van der Waals surface area (Å²) in [5.41, 5.74) is 3.17. The molecule has 0 aromatic heterocycles. The Kier molecular flexibility index (Phi) is 32.7. The van der Waals surface area contributed by atoms with E-state index in [0.717, 1.165) is 160 Å². The topological polar surface area (TPSA) is 429 Å². The first-order valence-electron chi connectivity index (χ1n) is 44.8. The maximum Gasteiger partial charge on any atom is 0.277 e. The molecule has 142 heavy (non-hydrogen) atoms. The summed E-state index contributed by atoms with van der Waals surface area (Å²) in [6.45, 7) is 12.9. The number of hydrogen-bond donors (Lipinski definition) is 0. The molecule has 0 heterocycles. The summed E-state index contributed by atoms with van der Waals surface area (Å²) in [6.07, 6.45) is 7.13. The van der Waals surface area contributed by atoms with Gasteiger partial charge in [0.15, 0.2) is 0 Å². The van der Waals surface area contributed by atoms with E-state index in [1.807, 2.05) is 13.8 Å². The Balaban J connectivity index is 0.761. The molecule has 0 N–H and O–H groups in total. The quantitative estimate of drug-likeness (QED) is 0.0320. The zero-order valence-electron chi connectivity index (χ0n) is 78.3. The first kappa shape index (κ1) is 108. The van der Waals surface area contributed by atoms with Crippen molar-refractivity contribution in [3.63, 3.8) is 0 Å². The van der Waals surface area contributed by atoms with Gasteiger partial charge in [-0.1, -0.05) is 240 Å². The number of nitrogens with zero attached hydrogens (tertiary/aromatic N) is 6. The molecule has 0 amide bonds. The predicted octanol–water partition coefficient (Wildman–Crippen LogP) is 18.7. The average Bonchev–Trinajstić information content (AvgIpc) is 0.739. The average molecular weight is 2160 g/mol. The molecule has 0 saturated carbocycles. The van der Waals surface area contributed by atoms with Gasteiger partial charge in [-0.3, -0.25) is 0 Å². The van der Waals surface area contributed by atoms with Crippen LogP contribution in [0.15, 0.2) is 374 Å². The van der Waals surface area contributed by atoms with Crippen molar-refractivity contribution in [2.45, 2.75) is 191 Å². The second-order valence-electron chi connectivity index (χ2n) is 33.9. The van der Waals surface area contributed by atoms with Crippen LogP contribution in [0.1, 0.15) is 124 Å². The molecule has 13 rings (SSSR count). The van der Waals surface area contributed by atoms with Gasteiger partial charge in [0.05, 0.1) is 81.5 Å². The second-order valence-corrected chi connectivity index (χ2v) is 57.0. The number of aryl methyl sites for hydroxylation is 6. The summed E-state index contributed by atoms with van der Waals surface area (Å²) in [7, 11) is -61.9. The molecule has 0 atom stereocenters. The van der Waals surface area contributed by atoms with Crippen molar-refractivity contribution in [2.24, 2.45) is 0 Å². The predicted molar refractivity (Wildman–Crippen MR) is 546 cm³/mol. The smallest absolute Gasteiger partial charge is 0.206 e. The highest BCUT2D eigenvalue weighted by Crippen LogP contribution is 2.42. The number of rotatable bonds is 44. The van der Waals surface area contributed by atoms with Crippen molar-refractivity contribution in [1.82, 2.24) is 7.42 Å². The van der Waals surface area contributed by atoms with E-state index < -0.39 is 215 Å². The molecule has 13 aromatic carbocycles. The van der Waals surface area contributed by atoms with Crippen LogP contribution in [-0.2, 0) is 120 Å². The van der Waals surface area contributed by atoms with Crippen LogP contribution in [0.3, 0.4) is 0 Å². The Hall–Kier alpha value is -11.6. The summed E-state index contributed by atoms with van der Waals surface area (Å²) in [5, 5.41) is 0. The number of benzene rings is 13. The Labute approximate surface area is 834 Å². The maximum absolute atomic E-state index is 15.2. The first-order chi connectivity index (χ1) is 66.9. The van der Waals surface area contributed by atoms with Gasteiger partial charge in [0.25, 0.3) is 120 Å². The minimum Gasteiger partial charge on any atom is -0.206 e. The molecular weight excluding hydrogens is 2050 g/mol. The van der Waals surface area contributed by atoms with E-state index in [1.165, 1.54) is 170 Å². The van der Waals surface area contributed by atoms with Crippen molar-refractivity contribution in [2.75, 3.05) is 27.9 Å². The fourth-order valence-corrected chi connectivity index (χ4v) is 37.6. The SMILES string of the molecule is CCCCCCCCN(S(=O)(=O)c1ccc(-c2ccc(-c3ccc(S(=O)(=O)N(CCCCCCCC)S(=O)(=O)c4ccc(N(S(=O)(=O)c5ccc(C)cc5)S(=O)(=O)c5ccc(N(S(=O)(=O)c6ccc(C)cc6)S(=O)(=O)c6ccc(C)cc6)cc5)cc4)cc3)cc2)cc1)S(=O)(=O)c1ccc(N(S(=O)(=O)c2ccc(C)cc2)S(=O)(=O)c2ccc(N(S(=O)(=O)c3ccc(C)cc3)S(=O)(=O)c3ccc(C)cc3)cc2)cc1. The standard InChI is InChI=1S/C100H104N6O24S12/c1-9-11-13-15-17-19-73-101(133(111,112)91-65-41-85(42-66-91)105(139(123,124)97-57-29-79(7)30-58-97)141(127,128)99-69-45-87(46-70-99)103(135(115,116)93-49-21-75(3)22-50-93)136(117,118)94-51-23-76(4)24-52-94)131(107,108)89-61-37-83(38-62-89)81-33-35-82(36-34-81)84-39-63-90(64-40-84)132(109,110)102(74-20-18-16-14-12-10-2)134(113,114)92-67-43-86(44-68-92)106(140(125,126)98-59-31-80(8)32-60-98)142(129,130)100-71-47-88(48-72-100)104(137(119,120)95-53-25-77(5)26-54-95)138(121,122)96-55-27-78(6)28-56-96/h21-72H,9-20,73-74H2,1-8H3. The van der Waals surface area contributed by atoms with Gasteiger partial charge in [-0.15, -0.1) is 0 Å². The third kappa shape index (κ3) is 22.8. The first-order valence-corrected chi connectivity index (χ1v) is 62.0. The van der Waals surface area contributed by atoms with E-state index >= 15 is 50.5 Å². The van der Waals surface area contributed by atoms with Gasteiger partial charge in [0, 0.05) is 13.1 Å². The Bertz CT molecular complexity index is 7650. The van der Waals surface area contributed by atoms with Gasteiger partial charge in [-0.2, -0.15) is 14.8 Å². The van der Waals surface area contributed by atoms with Crippen LogP contribution < -0.4 is 14.8 Å². The summed E-state index contributed by atoms with van der Waals surface area (Å²) in [5.74, 6) is 0. The van der Waals surface area contributed by atoms with Crippen LogP contribution in [0.4, 0.5) is 22.7 Å². The normalized spacial score (nSPS) is 12.9. The van der Waals surface area contributed by atoms with Crippen LogP contribution in [0.25, 0.3) is 22.3 Å². The van der Waals surface area contributed by atoms with Crippen molar-refractivity contribution in [3.8, 4) is 22.3 Å². The van der Waals surface area contributed by atoms with Crippen molar-refractivity contribution < 1.29 is 101 Å². The highest BCUT2D eigenvalue weighted by molar-refractivity contribution is 8.12. The van der Waals surface area contributed by atoms with E-state index in [4.69, 9.17) is 0 Å². The molecule has 0 radical (unpaired) electrons. The van der Waals surface area contributed by atoms with E-state index in [1.54, 1.807) is 65.8 Å². The Morgan fingerprint density at radius 2 is 0.268 bits per heavy atom. The van der Waals surface area contributed by atoms with E-state index in [0.29, 0.717) is 88.7 Å². The fraction of sp³-hybridized carbons (Fsp3) is 0.220. The highest BCUT2D eigenvalue weighted by Gasteiger charge is 2.46. The molecular formula is C100H104N6O24S12. The van der Waals surface area contributed by atoms with Gasteiger partial charge in [0.2, 0.25) is 0 Å². The van der Waals surface area contributed by atoms with Gasteiger partial charge in [0.1, 0.15) is 0 Å². The van der Waals surface area contributed by atoms with Crippen molar-refractivity contribution in [1.29, 1.82) is 0 Å². The lowest BCUT2D eigenvalue weighted by molar-refractivity contribution is 0.477. The molecule has 42 heteroatoms. The fourth-order valence-electron chi connectivity index (χ4n) is 15.4. The van der Waals surface area contributed by atoms with Crippen molar-refractivity contribution in [3.05, 3.63) is 349 Å². The van der Waals surface area contributed by atoms with Crippen LogP contribution in [-0.4, -0.2) is 122 Å². The molecule has 0 aliphatic heterocycles. The van der Waals surface area contributed by atoms with Gasteiger partial charge in [-0.25, -0.2) is 101 Å². The van der Waals surface area contributed by atoms with Gasteiger partial charge in [-0.05, 0) is 271 Å². The summed E-state index contributed by atoms with van der Waals surface area (Å²) < 4.78 is 359. The summed E-state index contributed by atoms with van der Waals surface area (Å²) in [4.78, 5) is -6.83. The second kappa shape index (κ2) is 43.1. The zero-order valence-corrected chi connectivity index (χ0v) is 88.1. The van der Waals surface area contributed by atoms with Crippen LogP contribution in [0.5, 0.6) is 0 Å². The third-order valence-electron chi connectivity index (χ3n) is 23.4. The zero-order chi connectivity index (χ0) is 103. The van der Waals surface area contributed by atoms with Crippen LogP contribution in [0.2, 0.25) is 0 Å².